The molecule has 5 nitrogen and oxygen atoms in total. The number of aromatic nitrogens is 1. The molecular formula is C22H23Cl2N3O2S2. The third kappa shape index (κ3) is 4.61. The molecular weight excluding hydrogens is 473 g/mol. The third-order valence-corrected chi connectivity index (χ3v) is 8.62. The predicted molar refractivity (Wildman–Crippen MR) is 129 cm³/mol. The molecule has 0 saturated carbocycles. The van der Waals surface area contributed by atoms with Gasteiger partial charge in [0.2, 0.25) is 10.0 Å². The van der Waals surface area contributed by atoms with Crippen molar-refractivity contribution in [3.8, 4) is 11.3 Å². The summed E-state index contributed by atoms with van der Waals surface area (Å²) < 4.78 is 27.5. The molecule has 31 heavy (non-hydrogen) atoms. The molecule has 0 atom stereocenters. The van der Waals surface area contributed by atoms with Gasteiger partial charge in [-0.05, 0) is 50.1 Å². The Hall–Kier alpha value is -1.64. The minimum absolute atomic E-state index is 0.125. The van der Waals surface area contributed by atoms with Gasteiger partial charge < -0.3 is 4.90 Å². The standard InChI is InChI=1S/C22H23Cl2N3O2S2/c1-14-8-15(2)21(16(3)9-14)20-13-30-22(25-20)26-4-6-27(7-5-26)31(28,29)19-11-17(23)10-18(24)12-19/h8-13H,4-7H2,1-3H3. The van der Waals surface area contributed by atoms with E-state index in [1.165, 1.54) is 44.8 Å². The van der Waals surface area contributed by atoms with E-state index in [0.29, 0.717) is 36.2 Å². The Labute approximate surface area is 197 Å². The van der Waals surface area contributed by atoms with Crippen LogP contribution in [0.1, 0.15) is 16.7 Å². The zero-order valence-corrected chi connectivity index (χ0v) is 20.7. The highest BCUT2D eigenvalue weighted by atomic mass is 35.5. The number of hydrogen-bond donors (Lipinski definition) is 0. The average Bonchev–Trinajstić information content (AvgIpc) is 3.16. The van der Waals surface area contributed by atoms with E-state index in [9.17, 15) is 8.42 Å². The lowest BCUT2D eigenvalue weighted by Crippen LogP contribution is -2.48. The molecule has 0 spiro atoms. The van der Waals surface area contributed by atoms with E-state index in [1.54, 1.807) is 11.3 Å². The van der Waals surface area contributed by atoms with Gasteiger partial charge in [0.25, 0.3) is 0 Å². The molecule has 1 aliphatic rings. The molecule has 0 amide bonds. The van der Waals surface area contributed by atoms with Gasteiger partial charge in [-0.25, -0.2) is 13.4 Å². The molecule has 164 valence electrons. The molecule has 0 radical (unpaired) electrons. The van der Waals surface area contributed by atoms with Gasteiger partial charge in [0.1, 0.15) is 0 Å². The van der Waals surface area contributed by atoms with Crippen LogP contribution in [0.25, 0.3) is 11.3 Å². The van der Waals surface area contributed by atoms with Crippen LogP contribution in [-0.2, 0) is 10.0 Å². The van der Waals surface area contributed by atoms with E-state index >= 15 is 0 Å². The Bertz CT molecular complexity index is 1190. The van der Waals surface area contributed by atoms with Crippen LogP contribution in [-0.4, -0.2) is 43.9 Å². The van der Waals surface area contributed by atoms with Crippen molar-refractivity contribution in [3.05, 3.63) is 62.4 Å². The number of halogens is 2. The first-order valence-corrected chi connectivity index (χ1v) is 13.0. The second-order valence-corrected chi connectivity index (χ2v) is 11.4. The molecule has 1 saturated heterocycles. The van der Waals surface area contributed by atoms with Gasteiger partial charge >= 0.3 is 0 Å². The Morgan fingerprint density at radius 1 is 0.903 bits per heavy atom. The Kier molecular flexibility index (Phi) is 6.34. The Balaban J connectivity index is 1.50. The number of piperazine rings is 1. The molecule has 2 aromatic carbocycles. The van der Waals surface area contributed by atoms with Crippen LogP contribution in [0.15, 0.2) is 40.6 Å². The molecule has 0 unspecified atom stereocenters. The molecule has 0 aliphatic carbocycles. The highest BCUT2D eigenvalue weighted by Crippen LogP contribution is 2.33. The highest BCUT2D eigenvalue weighted by molar-refractivity contribution is 7.89. The van der Waals surface area contributed by atoms with Gasteiger partial charge in [-0.3, -0.25) is 0 Å². The summed E-state index contributed by atoms with van der Waals surface area (Å²) in [6.45, 7) is 8.23. The molecule has 1 aliphatic heterocycles. The highest BCUT2D eigenvalue weighted by Gasteiger charge is 2.30. The molecule has 9 heteroatoms. The third-order valence-electron chi connectivity index (χ3n) is 5.41. The first-order chi connectivity index (χ1) is 14.6. The van der Waals surface area contributed by atoms with Crippen molar-refractivity contribution in [2.45, 2.75) is 25.7 Å². The lowest BCUT2D eigenvalue weighted by molar-refractivity contribution is 0.385. The second kappa shape index (κ2) is 8.71. The van der Waals surface area contributed by atoms with E-state index in [0.717, 1.165) is 10.8 Å². The van der Waals surface area contributed by atoms with Gasteiger partial charge in [0, 0.05) is 47.2 Å². The summed E-state index contributed by atoms with van der Waals surface area (Å²) in [4.78, 5) is 7.13. The SMILES string of the molecule is Cc1cc(C)c(-c2csc(N3CCN(S(=O)(=O)c4cc(Cl)cc(Cl)c4)CC3)n2)c(C)c1. The first kappa shape index (κ1) is 22.6. The van der Waals surface area contributed by atoms with E-state index < -0.39 is 10.0 Å². The van der Waals surface area contributed by atoms with Crippen LogP contribution in [0, 0.1) is 20.8 Å². The summed E-state index contributed by atoms with van der Waals surface area (Å²) in [5, 5.41) is 3.61. The Morgan fingerprint density at radius 2 is 1.48 bits per heavy atom. The molecule has 1 fully saturated rings. The van der Waals surface area contributed by atoms with E-state index in [4.69, 9.17) is 28.2 Å². The maximum Gasteiger partial charge on any atom is 0.243 e. The summed E-state index contributed by atoms with van der Waals surface area (Å²) in [6.07, 6.45) is 0. The number of benzene rings is 2. The van der Waals surface area contributed by atoms with Crippen molar-refractivity contribution in [2.75, 3.05) is 31.1 Å². The number of sulfonamides is 1. The van der Waals surface area contributed by atoms with Crippen LogP contribution in [0.5, 0.6) is 0 Å². The lowest BCUT2D eigenvalue weighted by Gasteiger charge is -2.33. The fourth-order valence-corrected chi connectivity index (χ4v) is 7.07. The number of anilines is 1. The normalized spacial score (nSPS) is 15.5. The van der Waals surface area contributed by atoms with Crippen molar-refractivity contribution in [1.29, 1.82) is 0 Å². The monoisotopic (exact) mass is 495 g/mol. The zero-order chi connectivity index (χ0) is 22.3. The summed E-state index contributed by atoms with van der Waals surface area (Å²) in [7, 11) is -3.64. The predicted octanol–water partition coefficient (Wildman–Crippen LogP) is 5.55. The summed E-state index contributed by atoms with van der Waals surface area (Å²) >= 11 is 13.6. The number of aryl methyl sites for hydroxylation is 3. The molecule has 2 heterocycles. The van der Waals surface area contributed by atoms with Gasteiger partial charge in [-0.15, -0.1) is 11.3 Å². The Morgan fingerprint density at radius 3 is 2.06 bits per heavy atom. The molecule has 3 aromatic rings. The number of nitrogens with zero attached hydrogens (tertiary/aromatic N) is 3. The second-order valence-electron chi connectivity index (χ2n) is 7.79. The summed E-state index contributed by atoms with van der Waals surface area (Å²) in [5.41, 5.74) is 5.81. The molecule has 0 bridgehead atoms. The average molecular weight is 496 g/mol. The van der Waals surface area contributed by atoms with Crippen molar-refractivity contribution in [1.82, 2.24) is 9.29 Å². The summed E-state index contributed by atoms with van der Waals surface area (Å²) in [5.74, 6) is 0. The van der Waals surface area contributed by atoms with Gasteiger partial charge in [-0.1, -0.05) is 40.9 Å². The zero-order valence-electron chi connectivity index (χ0n) is 17.5. The first-order valence-electron chi connectivity index (χ1n) is 9.90. The minimum atomic E-state index is -3.64. The fraction of sp³-hybridized carbons (Fsp3) is 0.318. The van der Waals surface area contributed by atoms with Gasteiger partial charge in [0.15, 0.2) is 5.13 Å². The quantitative estimate of drug-likeness (QED) is 0.475. The molecule has 1 aromatic heterocycles. The van der Waals surface area contributed by atoms with Crippen LogP contribution in [0.4, 0.5) is 5.13 Å². The van der Waals surface area contributed by atoms with E-state index in [1.807, 2.05) is 0 Å². The molecule has 4 rings (SSSR count). The fourth-order valence-electron chi connectivity index (χ4n) is 4.05. The topological polar surface area (TPSA) is 53.5 Å². The van der Waals surface area contributed by atoms with Gasteiger partial charge in [-0.2, -0.15) is 4.31 Å². The van der Waals surface area contributed by atoms with Crippen molar-refractivity contribution in [2.24, 2.45) is 0 Å². The smallest absolute Gasteiger partial charge is 0.243 e. The van der Waals surface area contributed by atoms with E-state index in [2.05, 4.69) is 43.2 Å². The summed E-state index contributed by atoms with van der Waals surface area (Å²) in [6, 6.07) is 8.75. The number of thiazole rings is 1. The maximum absolute atomic E-state index is 13.0. The van der Waals surface area contributed by atoms with Crippen LogP contribution < -0.4 is 4.90 Å². The van der Waals surface area contributed by atoms with Crippen molar-refractivity contribution >= 4 is 49.7 Å². The van der Waals surface area contributed by atoms with Gasteiger partial charge in [0.05, 0.1) is 10.6 Å². The van der Waals surface area contributed by atoms with Crippen molar-refractivity contribution in [3.63, 3.8) is 0 Å². The maximum atomic E-state index is 13.0. The minimum Gasteiger partial charge on any atom is -0.345 e. The van der Waals surface area contributed by atoms with E-state index in [-0.39, 0.29) is 4.90 Å². The number of hydrogen-bond acceptors (Lipinski definition) is 5. The number of rotatable bonds is 4. The van der Waals surface area contributed by atoms with Crippen LogP contribution in [0.3, 0.4) is 0 Å². The van der Waals surface area contributed by atoms with Crippen molar-refractivity contribution < 1.29 is 8.42 Å². The lowest BCUT2D eigenvalue weighted by atomic mass is 9.98. The van der Waals surface area contributed by atoms with Crippen LogP contribution in [0.2, 0.25) is 10.0 Å². The molecule has 0 N–H and O–H groups in total. The largest absolute Gasteiger partial charge is 0.345 e. The van der Waals surface area contributed by atoms with Crippen LogP contribution >= 0.6 is 34.5 Å².